The number of carbonyl (C=O) groups excluding carboxylic acids is 3. The van der Waals surface area contributed by atoms with Gasteiger partial charge in [-0.15, -0.1) is 12.4 Å². The number of anilines is 1. The predicted molar refractivity (Wildman–Crippen MR) is 104 cm³/mol. The number of nitrogens with zero attached hydrogens (tertiary/aromatic N) is 1. The molecule has 0 fully saturated rings. The number of carbonyl (C=O) groups is 3. The number of nitrogens with one attached hydrogen (secondary N) is 2. The van der Waals surface area contributed by atoms with Crippen LogP contribution in [-0.2, 0) is 17.8 Å². The van der Waals surface area contributed by atoms with Gasteiger partial charge < -0.3 is 10.6 Å². The summed E-state index contributed by atoms with van der Waals surface area (Å²) in [4.78, 5) is 38.1. The molecule has 0 unspecified atom stereocenters. The van der Waals surface area contributed by atoms with E-state index in [1.165, 1.54) is 6.07 Å². The Hall–Kier alpha value is -2.77. The first-order valence-corrected chi connectivity index (χ1v) is 8.73. The van der Waals surface area contributed by atoms with E-state index < -0.39 is 30.1 Å². The van der Waals surface area contributed by atoms with E-state index in [4.69, 9.17) is 0 Å². The summed E-state index contributed by atoms with van der Waals surface area (Å²) < 4.78 is 14.7. The Bertz CT molecular complexity index is 993. The predicted octanol–water partition coefficient (Wildman–Crippen LogP) is 2.44. The molecule has 0 bridgehead atoms. The maximum atomic E-state index is 14.7. The molecule has 3 amide bonds. The first-order chi connectivity index (χ1) is 13.0. The van der Waals surface area contributed by atoms with Crippen LogP contribution in [0.15, 0.2) is 30.3 Å². The van der Waals surface area contributed by atoms with Gasteiger partial charge >= 0.3 is 0 Å². The fraction of sp³-hybridized carbons (Fsp3) is 0.250. The molecule has 2 aliphatic rings. The molecule has 0 aromatic heterocycles. The van der Waals surface area contributed by atoms with Crippen LogP contribution in [0.4, 0.5) is 10.1 Å². The maximum absolute atomic E-state index is 14.7. The van der Waals surface area contributed by atoms with E-state index in [1.807, 2.05) is 6.92 Å². The van der Waals surface area contributed by atoms with Crippen molar-refractivity contribution in [2.75, 3.05) is 18.4 Å². The van der Waals surface area contributed by atoms with E-state index in [0.717, 1.165) is 16.0 Å². The lowest BCUT2D eigenvalue weighted by atomic mass is 9.99. The van der Waals surface area contributed by atoms with Gasteiger partial charge in [-0.2, -0.15) is 0 Å². The zero-order valence-corrected chi connectivity index (χ0v) is 16.0. The number of aryl methyl sites for hydroxylation is 1. The summed E-state index contributed by atoms with van der Waals surface area (Å²) in [7, 11) is 0. The van der Waals surface area contributed by atoms with Gasteiger partial charge in [0, 0.05) is 6.54 Å². The first-order valence-electron chi connectivity index (χ1n) is 8.73. The zero-order chi connectivity index (χ0) is 19.1. The van der Waals surface area contributed by atoms with Crippen molar-refractivity contribution >= 4 is 35.8 Å². The lowest BCUT2D eigenvalue weighted by molar-refractivity contribution is -0.116. The van der Waals surface area contributed by atoms with Crippen LogP contribution >= 0.6 is 12.4 Å². The highest BCUT2D eigenvalue weighted by atomic mass is 35.5. The summed E-state index contributed by atoms with van der Waals surface area (Å²) in [6, 6.07) is 8.23. The third-order valence-electron chi connectivity index (χ3n) is 4.91. The SMILES string of the molecule is Cc1ccc2c(c1)C(=O)N(CC(=O)Nc1ccc3c(c1F)CCNC3)C2=O.Cl. The Kier molecular flexibility index (Phi) is 5.49. The van der Waals surface area contributed by atoms with Crippen LogP contribution in [0.2, 0.25) is 0 Å². The number of rotatable bonds is 3. The molecule has 0 saturated carbocycles. The second-order valence-electron chi connectivity index (χ2n) is 6.79. The van der Waals surface area contributed by atoms with Gasteiger partial charge in [0.2, 0.25) is 5.91 Å². The van der Waals surface area contributed by atoms with Crippen LogP contribution in [0, 0.1) is 12.7 Å². The van der Waals surface area contributed by atoms with Gasteiger partial charge in [-0.05, 0) is 49.2 Å². The van der Waals surface area contributed by atoms with E-state index >= 15 is 0 Å². The topological polar surface area (TPSA) is 78.5 Å². The summed E-state index contributed by atoms with van der Waals surface area (Å²) in [5, 5.41) is 5.65. The third kappa shape index (κ3) is 3.39. The average Bonchev–Trinajstić information content (AvgIpc) is 2.88. The number of fused-ring (bicyclic) bond motifs is 2. The minimum Gasteiger partial charge on any atom is -0.322 e. The van der Waals surface area contributed by atoms with E-state index in [9.17, 15) is 18.8 Å². The molecule has 2 heterocycles. The fourth-order valence-corrected chi connectivity index (χ4v) is 3.51. The Morgan fingerprint density at radius 2 is 1.93 bits per heavy atom. The molecule has 2 aromatic rings. The van der Waals surface area contributed by atoms with E-state index in [0.29, 0.717) is 30.6 Å². The Morgan fingerprint density at radius 1 is 1.18 bits per heavy atom. The summed E-state index contributed by atoms with van der Waals surface area (Å²) in [5.41, 5.74) is 2.95. The van der Waals surface area contributed by atoms with Crippen LogP contribution < -0.4 is 10.6 Å². The average molecular weight is 404 g/mol. The number of imide groups is 1. The Labute approximate surface area is 167 Å². The van der Waals surface area contributed by atoms with Crippen LogP contribution in [0.25, 0.3) is 0 Å². The van der Waals surface area contributed by atoms with Crippen molar-refractivity contribution in [2.24, 2.45) is 0 Å². The van der Waals surface area contributed by atoms with Crippen LogP contribution in [0.5, 0.6) is 0 Å². The van der Waals surface area contributed by atoms with Crippen molar-refractivity contribution in [1.29, 1.82) is 0 Å². The summed E-state index contributed by atoms with van der Waals surface area (Å²) in [5.74, 6) is -2.10. The molecule has 0 radical (unpaired) electrons. The van der Waals surface area contributed by atoms with E-state index in [2.05, 4.69) is 10.6 Å². The van der Waals surface area contributed by atoms with Crippen molar-refractivity contribution in [2.45, 2.75) is 19.9 Å². The first kappa shape index (κ1) is 20.0. The van der Waals surface area contributed by atoms with Gasteiger partial charge in [0.1, 0.15) is 12.4 Å². The lowest BCUT2D eigenvalue weighted by Gasteiger charge is -2.20. The molecule has 0 saturated heterocycles. The number of amides is 3. The molecule has 6 nitrogen and oxygen atoms in total. The van der Waals surface area contributed by atoms with Crippen molar-refractivity contribution in [3.05, 3.63) is 64.0 Å². The highest BCUT2D eigenvalue weighted by Crippen LogP contribution is 2.26. The van der Waals surface area contributed by atoms with Gasteiger partial charge in [-0.1, -0.05) is 17.7 Å². The standard InChI is InChI=1S/C20H18FN3O3.ClH/c1-11-2-4-14-15(8-11)20(27)24(19(14)26)10-17(25)23-16-5-3-12-9-22-7-6-13(12)18(16)21;/h2-5,8,22H,6-7,9-10H2,1H3,(H,23,25);1H. The highest BCUT2D eigenvalue weighted by molar-refractivity contribution is 6.22. The third-order valence-corrected chi connectivity index (χ3v) is 4.91. The molecule has 8 heteroatoms. The van der Waals surface area contributed by atoms with Crippen LogP contribution in [-0.4, -0.2) is 35.7 Å². The number of hydrogen-bond donors (Lipinski definition) is 2. The minimum absolute atomic E-state index is 0. The van der Waals surface area contributed by atoms with Crippen LogP contribution in [0.1, 0.15) is 37.4 Å². The second-order valence-corrected chi connectivity index (χ2v) is 6.79. The Balaban J connectivity index is 0.00000225. The molecule has 2 aliphatic heterocycles. The summed E-state index contributed by atoms with van der Waals surface area (Å²) >= 11 is 0. The van der Waals surface area contributed by atoms with Crippen LogP contribution in [0.3, 0.4) is 0 Å². The zero-order valence-electron chi connectivity index (χ0n) is 15.2. The lowest BCUT2D eigenvalue weighted by Crippen LogP contribution is -2.37. The van der Waals surface area contributed by atoms with Crippen molar-refractivity contribution < 1.29 is 18.8 Å². The second kappa shape index (κ2) is 7.69. The van der Waals surface area contributed by atoms with Gasteiger partial charge in [0.05, 0.1) is 16.8 Å². The number of benzene rings is 2. The minimum atomic E-state index is -0.617. The molecule has 2 aromatic carbocycles. The molecule has 28 heavy (non-hydrogen) atoms. The van der Waals surface area contributed by atoms with Gasteiger partial charge in [-0.3, -0.25) is 19.3 Å². The van der Waals surface area contributed by atoms with E-state index in [-0.39, 0.29) is 23.7 Å². The fourth-order valence-electron chi connectivity index (χ4n) is 3.51. The molecular formula is C20H19ClFN3O3. The molecule has 0 atom stereocenters. The van der Waals surface area contributed by atoms with Crippen molar-refractivity contribution in [3.8, 4) is 0 Å². The molecule has 2 N–H and O–H groups in total. The smallest absolute Gasteiger partial charge is 0.262 e. The normalized spacial score (nSPS) is 15.0. The molecule has 0 spiro atoms. The summed E-state index contributed by atoms with van der Waals surface area (Å²) in [6.07, 6.45) is 0.544. The molecular weight excluding hydrogens is 385 g/mol. The largest absolute Gasteiger partial charge is 0.322 e. The number of halogens is 2. The monoisotopic (exact) mass is 403 g/mol. The molecule has 4 rings (SSSR count). The van der Waals surface area contributed by atoms with Gasteiger partial charge in [0.15, 0.2) is 0 Å². The summed E-state index contributed by atoms with van der Waals surface area (Å²) in [6.45, 7) is 2.63. The van der Waals surface area contributed by atoms with Gasteiger partial charge in [-0.25, -0.2) is 4.39 Å². The Morgan fingerprint density at radius 3 is 2.71 bits per heavy atom. The molecule has 0 aliphatic carbocycles. The van der Waals surface area contributed by atoms with Crippen molar-refractivity contribution in [3.63, 3.8) is 0 Å². The maximum Gasteiger partial charge on any atom is 0.262 e. The molecule has 146 valence electrons. The number of hydrogen-bond acceptors (Lipinski definition) is 4. The van der Waals surface area contributed by atoms with E-state index in [1.54, 1.807) is 24.3 Å². The highest BCUT2D eigenvalue weighted by Gasteiger charge is 2.36. The van der Waals surface area contributed by atoms with Gasteiger partial charge in [0.25, 0.3) is 11.8 Å². The quantitative estimate of drug-likeness (QED) is 0.771. The van der Waals surface area contributed by atoms with Crippen molar-refractivity contribution in [1.82, 2.24) is 10.2 Å².